The molecule has 3 rings (SSSR count). The fourth-order valence-electron chi connectivity index (χ4n) is 3.34. The second kappa shape index (κ2) is 6.29. The van der Waals surface area contributed by atoms with Gasteiger partial charge in [0.15, 0.2) is 0 Å². The predicted octanol–water partition coefficient (Wildman–Crippen LogP) is 4.51. The maximum absolute atomic E-state index is 6.57. The first-order valence-electron chi connectivity index (χ1n) is 7.33. The Labute approximate surface area is 138 Å². The third kappa shape index (κ3) is 3.12. The Morgan fingerprint density at radius 3 is 2.85 bits per heavy atom. The van der Waals surface area contributed by atoms with Crippen LogP contribution in [0.3, 0.4) is 0 Å². The van der Waals surface area contributed by atoms with Crippen molar-refractivity contribution in [3.05, 3.63) is 20.3 Å². The van der Waals surface area contributed by atoms with Crippen molar-refractivity contribution in [2.24, 2.45) is 11.7 Å². The molecule has 2 saturated heterocycles. The van der Waals surface area contributed by atoms with Crippen molar-refractivity contribution < 1.29 is 4.74 Å². The third-order valence-corrected chi connectivity index (χ3v) is 7.87. The largest absolute Gasteiger partial charge is 0.375 e. The van der Waals surface area contributed by atoms with Gasteiger partial charge in [-0.05, 0) is 77.6 Å². The Bertz CT molecular complexity index is 445. The highest BCUT2D eigenvalue weighted by atomic mass is 79.9. The second-order valence-corrected chi connectivity index (χ2v) is 9.65. The van der Waals surface area contributed by atoms with Gasteiger partial charge in [0.25, 0.3) is 0 Å². The van der Waals surface area contributed by atoms with E-state index in [1.165, 1.54) is 38.6 Å². The lowest BCUT2D eigenvalue weighted by Gasteiger charge is -2.44. The zero-order valence-electron chi connectivity index (χ0n) is 11.9. The number of hydrogen-bond donors (Lipinski definition) is 1. The second-order valence-electron chi connectivity index (χ2n) is 6.03. The van der Waals surface area contributed by atoms with Crippen molar-refractivity contribution in [2.45, 2.75) is 44.2 Å². The fourth-order valence-corrected chi connectivity index (χ4v) is 6.25. The molecule has 5 heteroatoms. The quantitative estimate of drug-likeness (QED) is 0.825. The zero-order chi connectivity index (χ0) is 14.2. The molecule has 1 spiro atoms. The smallest absolute Gasteiger partial charge is 0.0731 e. The molecule has 2 unspecified atom stereocenters. The predicted molar refractivity (Wildman–Crippen MR) is 91.7 cm³/mol. The molecule has 0 radical (unpaired) electrons. The summed E-state index contributed by atoms with van der Waals surface area (Å²) < 4.78 is 7.40. The minimum atomic E-state index is 0.134. The van der Waals surface area contributed by atoms with Crippen LogP contribution < -0.4 is 5.73 Å². The minimum Gasteiger partial charge on any atom is -0.375 e. The van der Waals surface area contributed by atoms with Crippen LogP contribution in [-0.2, 0) is 4.74 Å². The first kappa shape index (κ1) is 15.3. The van der Waals surface area contributed by atoms with Crippen LogP contribution >= 0.6 is 39.0 Å². The van der Waals surface area contributed by atoms with Gasteiger partial charge < -0.3 is 10.5 Å². The van der Waals surface area contributed by atoms with Crippen LogP contribution in [0.4, 0.5) is 0 Å². The lowest BCUT2D eigenvalue weighted by atomic mass is 9.78. The van der Waals surface area contributed by atoms with Crippen LogP contribution in [0.5, 0.6) is 0 Å². The van der Waals surface area contributed by atoms with Crippen molar-refractivity contribution in [1.29, 1.82) is 0 Å². The average Bonchev–Trinajstić information content (AvgIpc) is 2.79. The number of thioether (sulfide) groups is 1. The van der Waals surface area contributed by atoms with Gasteiger partial charge in [0.1, 0.15) is 0 Å². The monoisotopic (exact) mass is 375 g/mol. The molecule has 0 aromatic carbocycles. The summed E-state index contributed by atoms with van der Waals surface area (Å²) in [5.41, 5.74) is 8.01. The van der Waals surface area contributed by atoms with Crippen LogP contribution in [0.15, 0.2) is 9.85 Å². The van der Waals surface area contributed by atoms with Crippen molar-refractivity contribution in [1.82, 2.24) is 0 Å². The molecule has 0 amide bonds. The summed E-state index contributed by atoms with van der Waals surface area (Å²) in [5, 5.41) is 0. The van der Waals surface area contributed by atoms with E-state index in [0.29, 0.717) is 5.92 Å². The highest BCUT2D eigenvalue weighted by Crippen LogP contribution is 2.44. The molecule has 1 aromatic heterocycles. The molecule has 1 aromatic rings. The highest BCUT2D eigenvalue weighted by molar-refractivity contribution is 9.11. The van der Waals surface area contributed by atoms with E-state index in [0.717, 1.165) is 19.4 Å². The summed E-state index contributed by atoms with van der Waals surface area (Å²) in [6.45, 7) is 3.02. The van der Waals surface area contributed by atoms with Crippen LogP contribution in [-0.4, -0.2) is 23.7 Å². The van der Waals surface area contributed by atoms with Gasteiger partial charge in [0.05, 0.1) is 9.39 Å². The number of ether oxygens (including phenoxy) is 1. The van der Waals surface area contributed by atoms with E-state index in [-0.39, 0.29) is 11.6 Å². The molecule has 0 saturated carbocycles. The van der Waals surface area contributed by atoms with Crippen LogP contribution in [0.2, 0.25) is 0 Å². The molecule has 112 valence electrons. The lowest BCUT2D eigenvalue weighted by Crippen LogP contribution is -2.45. The molecular weight excluding hydrogens is 354 g/mol. The number of aryl methyl sites for hydroxylation is 1. The van der Waals surface area contributed by atoms with E-state index >= 15 is 0 Å². The number of rotatable bonds is 2. The summed E-state index contributed by atoms with van der Waals surface area (Å²) in [6.07, 6.45) is 4.65. The first-order valence-corrected chi connectivity index (χ1v) is 10.1. The SMILES string of the molecule is Cc1cc(C(N)C2CCOC3(CCSCC3)C2)sc1Br. The standard InChI is InChI=1S/C15H22BrNOS2/c1-10-8-12(20-14(10)16)13(17)11-2-5-18-15(9-11)3-6-19-7-4-15/h8,11,13H,2-7,9,17H2,1H3. The van der Waals surface area contributed by atoms with E-state index < -0.39 is 0 Å². The van der Waals surface area contributed by atoms with Crippen LogP contribution in [0.25, 0.3) is 0 Å². The molecule has 2 atom stereocenters. The Morgan fingerprint density at radius 1 is 1.45 bits per heavy atom. The van der Waals surface area contributed by atoms with Gasteiger partial charge in [-0.25, -0.2) is 0 Å². The summed E-state index contributed by atoms with van der Waals surface area (Å²) >= 11 is 7.47. The summed E-state index contributed by atoms with van der Waals surface area (Å²) in [6, 6.07) is 2.42. The van der Waals surface area contributed by atoms with E-state index in [2.05, 4.69) is 40.7 Å². The minimum absolute atomic E-state index is 0.134. The fraction of sp³-hybridized carbons (Fsp3) is 0.733. The van der Waals surface area contributed by atoms with E-state index in [1.807, 2.05) is 0 Å². The van der Waals surface area contributed by atoms with Crippen molar-refractivity contribution in [3.63, 3.8) is 0 Å². The van der Waals surface area contributed by atoms with Crippen LogP contribution in [0.1, 0.15) is 42.2 Å². The van der Waals surface area contributed by atoms with Gasteiger partial charge in [0, 0.05) is 17.5 Å². The maximum Gasteiger partial charge on any atom is 0.0731 e. The van der Waals surface area contributed by atoms with Crippen LogP contribution in [0, 0.1) is 12.8 Å². The van der Waals surface area contributed by atoms with E-state index in [9.17, 15) is 0 Å². The molecule has 0 aliphatic carbocycles. The molecule has 3 heterocycles. The molecule has 2 nitrogen and oxygen atoms in total. The van der Waals surface area contributed by atoms with E-state index in [4.69, 9.17) is 10.5 Å². The average molecular weight is 376 g/mol. The molecule has 2 aliphatic heterocycles. The summed E-state index contributed by atoms with van der Waals surface area (Å²) in [5.74, 6) is 3.05. The summed E-state index contributed by atoms with van der Waals surface area (Å²) in [4.78, 5) is 1.32. The van der Waals surface area contributed by atoms with Gasteiger partial charge in [-0.15, -0.1) is 11.3 Å². The van der Waals surface area contributed by atoms with Crippen molar-refractivity contribution in [2.75, 3.05) is 18.1 Å². The molecule has 20 heavy (non-hydrogen) atoms. The van der Waals surface area contributed by atoms with Gasteiger partial charge in [0.2, 0.25) is 0 Å². The third-order valence-electron chi connectivity index (χ3n) is 4.65. The molecule has 2 N–H and O–H groups in total. The molecular formula is C15H22BrNOS2. The van der Waals surface area contributed by atoms with Crippen molar-refractivity contribution >= 4 is 39.0 Å². The number of thiophene rings is 1. The number of halogens is 1. The number of hydrogen-bond acceptors (Lipinski definition) is 4. The Kier molecular flexibility index (Phi) is 4.83. The van der Waals surface area contributed by atoms with E-state index in [1.54, 1.807) is 11.3 Å². The maximum atomic E-state index is 6.57. The molecule has 0 bridgehead atoms. The van der Waals surface area contributed by atoms with Gasteiger partial charge in [-0.2, -0.15) is 11.8 Å². The Balaban J connectivity index is 1.72. The van der Waals surface area contributed by atoms with Gasteiger partial charge >= 0.3 is 0 Å². The topological polar surface area (TPSA) is 35.2 Å². The first-order chi connectivity index (χ1) is 9.60. The normalized spacial score (nSPS) is 27.6. The lowest BCUT2D eigenvalue weighted by molar-refractivity contribution is -0.105. The zero-order valence-corrected chi connectivity index (χ0v) is 15.1. The summed E-state index contributed by atoms with van der Waals surface area (Å²) in [7, 11) is 0. The van der Waals surface area contributed by atoms with Gasteiger partial charge in [-0.3, -0.25) is 0 Å². The van der Waals surface area contributed by atoms with Crippen molar-refractivity contribution in [3.8, 4) is 0 Å². The number of nitrogens with two attached hydrogens (primary N) is 1. The molecule has 2 fully saturated rings. The Morgan fingerprint density at radius 2 is 2.20 bits per heavy atom. The van der Waals surface area contributed by atoms with Gasteiger partial charge in [-0.1, -0.05) is 0 Å². The highest BCUT2D eigenvalue weighted by Gasteiger charge is 2.40. The molecule has 2 aliphatic rings. The Hall–Kier alpha value is 0.450.